The van der Waals surface area contributed by atoms with E-state index in [0.29, 0.717) is 51.6 Å². The fourth-order valence-corrected chi connectivity index (χ4v) is 3.80. The van der Waals surface area contributed by atoms with E-state index in [-0.39, 0.29) is 13.0 Å². The summed E-state index contributed by atoms with van der Waals surface area (Å²) in [4.78, 5) is 51.8. The highest BCUT2D eigenvalue weighted by molar-refractivity contribution is 5.93. The molecule has 39 heavy (non-hydrogen) atoms. The van der Waals surface area contributed by atoms with Crippen LogP contribution < -0.4 is 27.4 Å². The minimum atomic E-state index is -1.01. The smallest absolute Gasteiger partial charge is 0.408 e. The van der Waals surface area contributed by atoms with E-state index in [1.54, 1.807) is 27.7 Å². The minimum Gasteiger partial charge on any atom is -0.464 e. The van der Waals surface area contributed by atoms with Gasteiger partial charge in [0, 0.05) is 6.42 Å². The Balaban J connectivity index is 3.13. The lowest BCUT2D eigenvalue weighted by Crippen LogP contribution is -2.56. The number of amides is 3. The first-order valence-electron chi connectivity index (χ1n) is 13.7. The van der Waals surface area contributed by atoms with Crippen LogP contribution in [0.1, 0.15) is 71.8 Å². The van der Waals surface area contributed by atoms with E-state index in [4.69, 9.17) is 20.9 Å². The molecule has 0 bridgehead atoms. The Morgan fingerprint density at radius 1 is 0.795 bits per heavy atom. The molecule has 0 saturated carbocycles. The van der Waals surface area contributed by atoms with Crippen molar-refractivity contribution in [3.8, 4) is 0 Å². The van der Waals surface area contributed by atoms with Gasteiger partial charge in [-0.1, -0.05) is 30.3 Å². The molecule has 0 aliphatic heterocycles. The van der Waals surface area contributed by atoms with Crippen LogP contribution >= 0.6 is 0 Å². The number of carbonyl (C=O) groups is 4. The maximum absolute atomic E-state index is 13.4. The van der Waals surface area contributed by atoms with Gasteiger partial charge in [-0.3, -0.25) is 9.59 Å². The van der Waals surface area contributed by atoms with Gasteiger partial charge in [0.1, 0.15) is 23.7 Å². The zero-order chi connectivity index (χ0) is 29.3. The molecule has 0 aromatic heterocycles. The molecule has 7 N–H and O–H groups in total. The van der Waals surface area contributed by atoms with Crippen LogP contribution in [0.2, 0.25) is 0 Å². The number of ether oxygens (including phenoxy) is 2. The first-order valence-corrected chi connectivity index (χ1v) is 13.7. The second kappa shape index (κ2) is 18.2. The number of rotatable bonds is 17. The molecule has 11 heteroatoms. The number of nitrogens with one attached hydrogen (secondary N) is 3. The third-order valence-electron chi connectivity index (χ3n) is 5.70. The van der Waals surface area contributed by atoms with E-state index in [1.807, 2.05) is 30.3 Å². The summed E-state index contributed by atoms with van der Waals surface area (Å²) < 4.78 is 10.5. The van der Waals surface area contributed by atoms with Gasteiger partial charge in [0.25, 0.3) is 0 Å². The number of alkyl carbamates (subject to hydrolysis) is 1. The molecule has 3 amide bonds. The Labute approximate surface area is 232 Å². The average molecular weight is 550 g/mol. The summed E-state index contributed by atoms with van der Waals surface area (Å²) in [5, 5.41) is 8.15. The largest absolute Gasteiger partial charge is 0.464 e. The van der Waals surface area contributed by atoms with Crippen molar-refractivity contribution in [2.24, 2.45) is 11.5 Å². The lowest BCUT2D eigenvalue weighted by Gasteiger charge is -2.26. The molecule has 220 valence electrons. The Kier molecular flexibility index (Phi) is 15.8. The standard InChI is InChI=1S/C28H47N5O6/c1-5-38-26(36)22(16-10-12-18-30)31-25(35)23(19-20-13-7-6-8-14-20)32-24(34)21(15-9-11-17-29)33-27(37)39-28(2,3)4/h6-8,13-14,21-23H,5,9-12,15-19,29-30H2,1-4H3,(H,31,35)(H,32,34)(H,33,37)/t21-,22-,23-/m0/s1. The molecule has 1 aromatic carbocycles. The Bertz CT molecular complexity index is 890. The second-order valence-electron chi connectivity index (χ2n) is 10.3. The highest BCUT2D eigenvalue weighted by atomic mass is 16.6. The number of benzene rings is 1. The van der Waals surface area contributed by atoms with Gasteiger partial charge in [-0.15, -0.1) is 0 Å². The SMILES string of the molecule is CCOC(=O)[C@H](CCCCN)NC(=O)[C@H](Cc1ccccc1)NC(=O)[C@H](CCCCN)NC(=O)OC(C)(C)C. The Morgan fingerprint density at radius 2 is 1.33 bits per heavy atom. The van der Waals surface area contributed by atoms with Crippen molar-refractivity contribution >= 4 is 23.9 Å². The third kappa shape index (κ3) is 14.5. The molecule has 1 aromatic rings. The summed E-state index contributed by atoms with van der Waals surface area (Å²) in [6.07, 6.45) is 2.68. The van der Waals surface area contributed by atoms with Gasteiger partial charge in [0.05, 0.1) is 6.61 Å². The van der Waals surface area contributed by atoms with Gasteiger partial charge >= 0.3 is 12.1 Å². The van der Waals surface area contributed by atoms with Crippen molar-refractivity contribution in [1.82, 2.24) is 16.0 Å². The zero-order valence-corrected chi connectivity index (χ0v) is 23.8. The van der Waals surface area contributed by atoms with Crippen LogP contribution in [0.25, 0.3) is 0 Å². The van der Waals surface area contributed by atoms with Gasteiger partial charge in [-0.05, 0) is 84.9 Å². The van der Waals surface area contributed by atoms with E-state index in [0.717, 1.165) is 5.56 Å². The molecule has 0 radical (unpaired) electrons. The predicted molar refractivity (Wildman–Crippen MR) is 150 cm³/mol. The van der Waals surface area contributed by atoms with Crippen molar-refractivity contribution in [2.75, 3.05) is 19.7 Å². The Hall–Kier alpha value is -3.18. The van der Waals surface area contributed by atoms with Crippen molar-refractivity contribution in [3.63, 3.8) is 0 Å². The highest BCUT2D eigenvalue weighted by Crippen LogP contribution is 2.11. The monoisotopic (exact) mass is 549 g/mol. The minimum absolute atomic E-state index is 0.174. The second-order valence-corrected chi connectivity index (χ2v) is 10.3. The molecule has 0 aliphatic rings. The molecule has 11 nitrogen and oxygen atoms in total. The van der Waals surface area contributed by atoms with Crippen LogP contribution in [0.5, 0.6) is 0 Å². The van der Waals surface area contributed by atoms with Gasteiger partial charge in [-0.2, -0.15) is 0 Å². The number of hydrogen-bond donors (Lipinski definition) is 5. The number of carbonyl (C=O) groups excluding carboxylic acids is 4. The van der Waals surface area contributed by atoms with Crippen LogP contribution in [-0.2, 0) is 30.3 Å². The number of unbranched alkanes of at least 4 members (excludes halogenated alkanes) is 2. The lowest BCUT2D eigenvalue weighted by atomic mass is 10.0. The fourth-order valence-electron chi connectivity index (χ4n) is 3.80. The quantitative estimate of drug-likeness (QED) is 0.145. The molecular formula is C28H47N5O6. The molecule has 3 atom stereocenters. The van der Waals surface area contributed by atoms with Gasteiger partial charge in [0.2, 0.25) is 11.8 Å². The summed E-state index contributed by atoms with van der Waals surface area (Å²) in [6, 6.07) is 6.37. The van der Waals surface area contributed by atoms with Crippen LogP contribution in [0.4, 0.5) is 4.79 Å². The number of esters is 1. The summed E-state index contributed by atoms with van der Waals surface area (Å²) >= 11 is 0. The maximum atomic E-state index is 13.4. The normalized spacial score (nSPS) is 13.5. The summed E-state index contributed by atoms with van der Waals surface area (Å²) in [5.41, 5.74) is 11.3. The summed E-state index contributed by atoms with van der Waals surface area (Å²) in [5.74, 6) is -1.61. The van der Waals surface area contributed by atoms with Crippen molar-refractivity contribution in [3.05, 3.63) is 35.9 Å². The molecule has 1 rings (SSSR count). The zero-order valence-electron chi connectivity index (χ0n) is 23.8. The third-order valence-corrected chi connectivity index (χ3v) is 5.70. The van der Waals surface area contributed by atoms with E-state index < -0.39 is 47.6 Å². The molecular weight excluding hydrogens is 502 g/mol. The van der Waals surface area contributed by atoms with E-state index in [2.05, 4.69) is 16.0 Å². The van der Waals surface area contributed by atoms with E-state index >= 15 is 0 Å². The van der Waals surface area contributed by atoms with Crippen LogP contribution in [0, 0.1) is 0 Å². The molecule has 0 heterocycles. The molecule has 0 spiro atoms. The Morgan fingerprint density at radius 3 is 1.87 bits per heavy atom. The summed E-state index contributed by atoms with van der Waals surface area (Å²) in [7, 11) is 0. The lowest BCUT2D eigenvalue weighted by molar-refractivity contribution is -0.148. The van der Waals surface area contributed by atoms with Crippen molar-refractivity contribution in [1.29, 1.82) is 0 Å². The van der Waals surface area contributed by atoms with Crippen molar-refractivity contribution in [2.45, 2.75) is 96.4 Å². The fraction of sp³-hybridized carbons (Fsp3) is 0.643. The number of nitrogens with two attached hydrogens (primary N) is 2. The van der Waals surface area contributed by atoms with E-state index in [9.17, 15) is 19.2 Å². The predicted octanol–water partition coefficient (Wildman–Crippen LogP) is 1.91. The molecule has 0 unspecified atom stereocenters. The van der Waals surface area contributed by atoms with Crippen LogP contribution in [0.15, 0.2) is 30.3 Å². The van der Waals surface area contributed by atoms with Crippen LogP contribution in [0.3, 0.4) is 0 Å². The van der Waals surface area contributed by atoms with Crippen LogP contribution in [-0.4, -0.2) is 67.3 Å². The van der Waals surface area contributed by atoms with Gasteiger partial charge in [-0.25, -0.2) is 9.59 Å². The van der Waals surface area contributed by atoms with Gasteiger partial charge in [0.15, 0.2) is 0 Å². The summed E-state index contributed by atoms with van der Waals surface area (Å²) in [6.45, 7) is 7.95. The maximum Gasteiger partial charge on any atom is 0.408 e. The molecule has 0 aliphatic carbocycles. The molecule has 0 saturated heterocycles. The first-order chi connectivity index (χ1) is 18.5. The van der Waals surface area contributed by atoms with E-state index in [1.165, 1.54) is 0 Å². The topological polar surface area (TPSA) is 175 Å². The van der Waals surface area contributed by atoms with Gasteiger partial charge < -0.3 is 36.9 Å². The highest BCUT2D eigenvalue weighted by Gasteiger charge is 2.31. The van der Waals surface area contributed by atoms with Crippen molar-refractivity contribution < 1.29 is 28.7 Å². The average Bonchev–Trinajstić information content (AvgIpc) is 2.86. The molecule has 0 fully saturated rings. The first kappa shape index (κ1) is 33.8. The number of hydrogen-bond acceptors (Lipinski definition) is 8.